The summed E-state index contributed by atoms with van der Waals surface area (Å²) in [4.78, 5) is 22.7. The molecule has 90 valence electrons. The Balaban J connectivity index is 1.83. The van der Waals surface area contributed by atoms with Crippen LogP contribution in [0, 0.1) is 0 Å². The minimum atomic E-state index is -0.535. The number of amides is 2. The van der Waals surface area contributed by atoms with Crippen LogP contribution in [0.3, 0.4) is 0 Å². The number of carbonyl (C=O) groups is 2. The van der Waals surface area contributed by atoms with E-state index in [1.165, 1.54) is 0 Å². The fourth-order valence-corrected chi connectivity index (χ4v) is 1.62. The highest BCUT2D eigenvalue weighted by Crippen LogP contribution is 2.04. The molecule has 1 heterocycles. The molecule has 1 fully saturated rings. The Hall–Kier alpha value is -2.04. The molecule has 2 amide bonds. The van der Waals surface area contributed by atoms with Gasteiger partial charge in [-0.15, -0.1) is 0 Å². The molecule has 2 rings (SSSR count). The molecule has 0 aromatic heterocycles. The van der Waals surface area contributed by atoms with Crippen LogP contribution in [0.2, 0.25) is 0 Å². The Bertz CT molecular complexity index is 405. The van der Waals surface area contributed by atoms with Crippen LogP contribution in [0.1, 0.15) is 12.0 Å². The van der Waals surface area contributed by atoms with Gasteiger partial charge in [-0.1, -0.05) is 30.3 Å². The minimum Gasteiger partial charge on any atom is -0.459 e. The molecule has 1 aliphatic rings. The highest BCUT2D eigenvalue weighted by molar-refractivity contribution is 5.84. The van der Waals surface area contributed by atoms with E-state index in [0.717, 1.165) is 5.56 Å². The zero-order valence-electron chi connectivity index (χ0n) is 9.31. The summed E-state index contributed by atoms with van der Waals surface area (Å²) in [6.45, 7) is 0.733. The third-order valence-electron chi connectivity index (χ3n) is 2.53. The Labute approximate surface area is 99.2 Å². The molecule has 1 aliphatic heterocycles. The number of carbonyl (C=O) groups excluding carboxylic acids is 2. The molecule has 0 radical (unpaired) electrons. The van der Waals surface area contributed by atoms with Gasteiger partial charge in [0.2, 0.25) is 0 Å². The number of hydrogen-bond donors (Lipinski definition) is 2. The van der Waals surface area contributed by atoms with Crippen molar-refractivity contribution in [1.82, 2.24) is 10.6 Å². The van der Waals surface area contributed by atoms with Gasteiger partial charge in [0.25, 0.3) is 0 Å². The maximum atomic E-state index is 11.7. The van der Waals surface area contributed by atoms with Crippen LogP contribution >= 0.6 is 0 Å². The molecule has 5 nitrogen and oxygen atoms in total. The maximum absolute atomic E-state index is 11.7. The highest BCUT2D eigenvalue weighted by Gasteiger charge is 2.25. The number of esters is 1. The van der Waals surface area contributed by atoms with Gasteiger partial charge < -0.3 is 15.4 Å². The Kier molecular flexibility index (Phi) is 3.59. The summed E-state index contributed by atoms with van der Waals surface area (Å²) in [5.41, 5.74) is 0.932. The first-order chi connectivity index (χ1) is 8.25. The van der Waals surface area contributed by atoms with Crippen molar-refractivity contribution in [2.75, 3.05) is 6.54 Å². The quantitative estimate of drug-likeness (QED) is 0.760. The summed E-state index contributed by atoms with van der Waals surface area (Å²) in [5, 5.41) is 5.11. The molecule has 5 heteroatoms. The number of rotatable bonds is 3. The van der Waals surface area contributed by atoms with Crippen molar-refractivity contribution in [3.63, 3.8) is 0 Å². The Morgan fingerprint density at radius 3 is 2.82 bits per heavy atom. The second kappa shape index (κ2) is 5.34. The predicted octanol–water partition coefficient (Wildman–Crippen LogP) is 0.801. The summed E-state index contributed by atoms with van der Waals surface area (Å²) in [6.07, 6.45) is 0.555. The number of ether oxygens (including phenoxy) is 1. The average molecular weight is 234 g/mol. The molecule has 2 N–H and O–H groups in total. The van der Waals surface area contributed by atoms with Crippen LogP contribution in [0.4, 0.5) is 4.79 Å². The monoisotopic (exact) mass is 234 g/mol. The van der Waals surface area contributed by atoms with E-state index in [9.17, 15) is 9.59 Å². The summed E-state index contributed by atoms with van der Waals surface area (Å²) in [5.74, 6) is -0.385. The van der Waals surface area contributed by atoms with Crippen LogP contribution in [0.25, 0.3) is 0 Å². The van der Waals surface area contributed by atoms with Gasteiger partial charge >= 0.3 is 12.0 Å². The fourth-order valence-electron chi connectivity index (χ4n) is 1.62. The van der Waals surface area contributed by atoms with E-state index in [1.807, 2.05) is 30.3 Å². The molecule has 1 atom stereocenters. The van der Waals surface area contributed by atoms with Crippen molar-refractivity contribution < 1.29 is 14.3 Å². The van der Waals surface area contributed by atoms with Crippen molar-refractivity contribution in [2.45, 2.75) is 19.1 Å². The molecule has 0 saturated carbocycles. The predicted molar refractivity (Wildman–Crippen MR) is 61.2 cm³/mol. The topological polar surface area (TPSA) is 67.4 Å². The van der Waals surface area contributed by atoms with E-state index in [2.05, 4.69) is 10.6 Å². The number of urea groups is 1. The average Bonchev–Trinajstić information content (AvgIpc) is 2.37. The van der Waals surface area contributed by atoms with Crippen LogP contribution in [-0.4, -0.2) is 24.6 Å². The van der Waals surface area contributed by atoms with Gasteiger partial charge in [0, 0.05) is 6.54 Å². The standard InChI is InChI=1S/C12H14N2O3/c15-11(10-6-7-13-12(16)14-10)17-8-9-4-2-1-3-5-9/h1-5,10H,6-8H2,(H2,13,14,16)/t10-/m1/s1. The van der Waals surface area contributed by atoms with Crippen molar-refractivity contribution in [1.29, 1.82) is 0 Å². The zero-order chi connectivity index (χ0) is 12.1. The van der Waals surface area contributed by atoms with E-state index < -0.39 is 6.04 Å². The smallest absolute Gasteiger partial charge is 0.329 e. The number of nitrogens with one attached hydrogen (secondary N) is 2. The van der Waals surface area contributed by atoms with Gasteiger partial charge in [-0.05, 0) is 12.0 Å². The molecule has 0 aliphatic carbocycles. The van der Waals surface area contributed by atoms with E-state index in [1.54, 1.807) is 0 Å². The molecule has 0 bridgehead atoms. The van der Waals surface area contributed by atoms with E-state index in [-0.39, 0.29) is 18.6 Å². The van der Waals surface area contributed by atoms with Crippen LogP contribution in [0.15, 0.2) is 30.3 Å². The lowest BCUT2D eigenvalue weighted by Crippen LogP contribution is -2.52. The van der Waals surface area contributed by atoms with E-state index >= 15 is 0 Å². The van der Waals surface area contributed by atoms with Crippen molar-refractivity contribution in [3.05, 3.63) is 35.9 Å². The van der Waals surface area contributed by atoms with Gasteiger partial charge in [0.1, 0.15) is 12.6 Å². The highest BCUT2D eigenvalue weighted by atomic mass is 16.5. The third-order valence-corrected chi connectivity index (χ3v) is 2.53. The molecule has 0 spiro atoms. The third kappa shape index (κ3) is 3.21. The van der Waals surface area contributed by atoms with E-state index in [0.29, 0.717) is 13.0 Å². The Morgan fingerprint density at radius 2 is 2.12 bits per heavy atom. The summed E-state index contributed by atoms with van der Waals surface area (Å²) in [6, 6.07) is 8.58. The SMILES string of the molecule is O=C1NCC[C@H](C(=O)OCc2ccccc2)N1. The first-order valence-electron chi connectivity index (χ1n) is 5.50. The van der Waals surface area contributed by atoms with Crippen molar-refractivity contribution in [2.24, 2.45) is 0 Å². The molecule has 1 saturated heterocycles. The second-order valence-electron chi connectivity index (χ2n) is 3.83. The normalized spacial score (nSPS) is 19.1. The first kappa shape index (κ1) is 11.4. The molecular formula is C12H14N2O3. The first-order valence-corrected chi connectivity index (χ1v) is 5.50. The lowest BCUT2D eigenvalue weighted by molar-refractivity contribution is -0.147. The van der Waals surface area contributed by atoms with Crippen molar-refractivity contribution in [3.8, 4) is 0 Å². The summed E-state index contributed by atoms with van der Waals surface area (Å²) >= 11 is 0. The molecule has 1 aromatic rings. The largest absolute Gasteiger partial charge is 0.459 e. The molecule has 17 heavy (non-hydrogen) atoms. The molecule has 1 aromatic carbocycles. The fraction of sp³-hybridized carbons (Fsp3) is 0.333. The summed E-state index contributed by atoms with van der Waals surface area (Å²) in [7, 11) is 0. The zero-order valence-corrected chi connectivity index (χ0v) is 9.31. The van der Waals surface area contributed by atoms with Gasteiger partial charge in [-0.2, -0.15) is 0 Å². The summed E-state index contributed by atoms with van der Waals surface area (Å²) < 4.78 is 5.13. The van der Waals surface area contributed by atoms with Crippen LogP contribution < -0.4 is 10.6 Å². The number of hydrogen-bond acceptors (Lipinski definition) is 3. The van der Waals surface area contributed by atoms with Gasteiger partial charge in [-0.25, -0.2) is 9.59 Å². The molecule has 0 unspecified atom stereocenters. The molecular weight excluding hydrogens is 220 g/mol. The number of benzene rings is 1. The van der Waals surface area contributed by atoms with E-state index in [4.69, 9.17) is 4.74 Å². The van der Waals surface area contributed by atoms with Crippen LogP contribution in [0.5, 0.6) is 0 Å². The lowest BCUT2D eigenvalue weighted by Gasteiger charge is -2.22. The Morgan fingerprint density at radius 1 is 1.35 bits per heavy atom. The second-order valence-corrected chi connectivity index (χ2v) is 3.83. The van der Waals surface area contributed by atoms with Gasteiger partial charge in [0.15, 0.2) is 0 Å². The minimum absolute atomic E-state index is 0.236. The van der Waals surface area contributed by atoms with Crippen LogP contribution in [-0.2, 0) is 16.1 Å². The van der Waals surface area contributed by atoms with Gasteiger partial charge in [-0.3, -0.25) is 0 Å². The van der Waals surface area contributed by atoms with Gasteiger partial charge in [0.05, 0.1) is 0 Å². The van der Waals surface area contributed by atoms with Crippen molar-refractivity contribution >= 4 is 12.0 Å². The maximum Gasteiger partial charge on any atom is 0.329 e. The lowest BCUT2D eigenvalue weighted by atomic mass is 10.2.